The van der Waals surface area contributed by atoms with Crippen molar-refractivity contribution in [2.75, 3.05) is 0 Å². The number of epoxide rings is 1. The van der Waals surface area contributed by atoms with Gasteiger partial charge >= 0.3 is 43.9 Å². The van der Waals surface area contributed by atoms with Crippen LogP contribution in [0.1, 0.15) is 22.8 Å². The molecule has 2 aromatic rings. The van der Waals surface area contributed by atoms with E-state index in [0.717, 1.165) is 23.8 Å². The second-order valence-corrected chi connectivity index (χ2v) is 4.84. The van der Waals surface area contributed by atoms with Crippen LogP contribution in [0.15, 0.2) is 54.6 Å². The van der Waals surface area contributed by atoms with E-state index < -0.39 is 11.7 Å². The second-order valence-electron chi connectivity index (χ2n) is 4.84. The molecule has 1 saturated heterocycles. The van der Waals surface area contributed by atoms with Crippen LogP contribution in [-0.4, -0.2) is 49.3 Å². The van der Waals surface area contributed by atoms with Gasteiger partial charge in [-0.15, -0.1) is 6.42 Å². The van der Waals surface area contributed by atoms with Crippen LogP contribution in [0, 0.1) is 6.10 Å². The molecule has 1 atom stereocenters. The summed E-state index contributed by atoms with van der Waals surface area (Å²) >= 11 is 0. The molecule has 122 valence electrons. The summed E-state index contributed by atoms with van der Waals surface area (Å²) in [6.45, 7) is 0.500. The van der Waals surface area contributed by atoms with Gasteiger partial charge in [-0.05, 0) is 6.07 Å². The van der Waals surface area contributed by atoms with E-state index >= 15 is 0 Å². The van der Waals surface area contributed by atoms with Gasteiger partial charge in [0.25, 0.3) is 0 Å². The topological polar surface area (TPSA) is 49.8 Å². The number of aliphatic hydroxyl groups excluding tert-OH is 1. The maximum atomic E-state index is 12.6. The Morgan fingerprint density at radius 3 is 2.33 bits per heavy atom. The number of ether oxygens (including phenoxy) is 1. The van der Waals surface area contributed by atoms with Gasteiger partial charge in [0.05, 0.1) is 5.56 Å². The largest absolute Gasteiger partial charge is 2.00 e. The summed E-state index contributed by atoms with van der Waals surface area (Å²) in [5.41, 5.74) is 1.02. The first-order valence-corrected chi connectivity index (χ1v) is 6.70. The molecule has 3 rings (SSSR count). The Bertz CT molecular complexity index is 647. The molecule has 1 aliphatic heterocycles. The van der Waals surface area contributed by atoms with Crippen molar-refractivity contribution >= 4 is 44.2 Å². The minimum absolute atomic E-state index is 0. The first-order valence-electron chi connectivity index (χ1n) is 6.70. The first-order chi connectivity index (χ1) is 11.0. The average molecular weight is 362 g/mol. The van der Waals surface area contributed by atoms with Gasteiger partial charge in [-0.2, -0.15) is 19.3 Å². The Morgan fingerprint density at radius 1 is 1.12 bits per heavy atom. The fourth-order valence-corrected chi connectivity index (χ4v) is 2.18. The summed E-state index contributed by atoms with van der Waals surface area (Å²) < 4.78 is 43.4. The van der Waals surface area contributed by atoms with Crippen molar-refractivity contribution in [2.45, 2.75) is 18.7 Å². The minimum atomic E-state index is -4.31. The zero-order chi connectivity index (χ0) is 16.9. The monoisotopic (exact) mass is 362 g/mol. The van der Waals surface area contributed by atoms with Crippen molar-refractivity contribution in [2.24, 2.45) is 0 Å². The van der Waals surface area contributed by atoms with Crippen LogP contribution >= 0.6 is 0 Å². The number of rotatable bonds is 3. The van der Waals surface area contributed by atoms with Gasteiger partial charge < -0.3 is 14.6 Å². The molecule has 7 heteroatoms. The normalized spacial score (nSPS) is 16.4. The van der Waals surface area contributed by atoms with Gasteiger partial charge in [0.15, 0.2) is 0 Å². The van der Waals surface area contributed by atoms with E-state index in [1.807, 2.05) is 30.3 Å². The Hall–Kier alpha value is -1.08. The molecule has 0 bridgehead atoms. The second kappa shape index (κ2) is 9.42. The molecule has 1 N–H and O–H groups in total. The third-order valence-corrected chi connectivity index (χ3v) is 3.24. The van der Waals surface area contributed by atoms with Crippen molar-refractivity contribution in [3.63, 3.8) is 0 Å². The third-order valence-electron chi connectivity index (χ3n) is 3.24. The SMILES string of the molecule is FC(F)(F)c1cccc(C2O[C-]2Cc2ccccc2)c1.O=[C-]O.[Ca+2]. The van der Waals surface area contributed by atoms with E-state index in [-0.39, 0.29) is 43.8 Å². The molecular formula is C17H13CaF3O3. The molecule has 0 aliphatic carbocycles. The maximum absolute atomic E-state index is 12.6. The molecule has 0 radical (unpaired) electrons. The van der Waals surface area contributed by atoms with Gasteiger partial charge in [0.1, 0.15) is 0 Å². The number of hydrogen-bond donors (Lipinski definition) is 1. The van der Waals surface area contributed by atoms with E-state index in [4.69, 9.17) is 14.6 Å². The smallest absolute Gasteiger partial charge is 0.665 e. The van der Waals surface area contributed by atoms with Crippen molar-refractivity contribution in [1.82, 2.24) is 0 Å². The van der Waals surface area contributed by atoms with Gasteiger partial charge in [-0.3, -0.25) is 0 Å². The van der Waals surface area contributed by atoms with E-state index in [2.05, 4.69) is 0 Å². The van der Waals surface area contributed by atoms with Crippen LogP contribution in [-0.2, 0) is 22.1 Å². The van der Waals surface area contributed by atoms with E-state index in [1.54, 1.807) is 6.07 Å². The molecule has 1 aliphatic rings. The summed E-state index contributed by atoms with van der Waals surface area (Å²) in [7, 11) is 0. The number of benzene rings is 2. The molecular weight excluding hydrogens is 349 g/mol. The molecule has 0 amide bonds. The summed E-state index contributed by atoms with van der Waals surface area (Å²) in [6.07, 6.45) is -3.17. The molecule has 0 aromatic heterocycles. The van der Waals surface area contributed by atoms with Gasteiger partial charge in [0, 0.05) is 0 Å². The quantitative estimate of drug-likeness (QED) is 0.514. The predicted octanol–water partition coefficient (Wildman–Crippen LogP) is 3.78. The molecule has 1 heterocycles. The molecule has 24 heavy (non-hydrogen) atoms. The Labute approximate surface area is 167 Å². The van der Waals surface area contributed by atoms with E-state index in [9.17, 15) is 13.2 Å². The van der Waals surface area contributed by atoms with Crippen molar-refractivity contribution in [3.8, 4) is 0 Å². The average Bonchev–Trinajstić information content (AvgIpc) is 3.28. The van der Waals surface area contributed by atoms with Gasteiger partial charge in [-0.1, -0.05) is 72.2 Å². The van der Waals surface area contributed by atoms with Crippen molar-refractivity contribution in [3.05, 3.63) is 77.4 Å². The molecule has 0 saturated carbocycles. The fraction of sp³-hybridized carbons (Fsp3) is 0.176. The third kappa shape index (κ3) is 6.09. The Balaban J connectivity index is 0.000000671. The summed E-state index contributed by atoms with van der Waals surface area (Å²) in [4.78, 5) is 8.24. The molecule has 0 spiro atoms. The van der Waals surface area contributed by atoms with E-state index in [0.29, 0.717) is 18.5 Å². The van der Waals surface area contributed by atoms with Crippen LogP contribution in [0.25, 0.3) is 0 Å². The van der Waals surface area contributed by atoms with Crippen molar-refractivity contribution < 1.29 is 27.8 Å². The minimum Gasteiger partial charge on any atom is -0.665 e. The van der Waals surface area contributed by atoms with Crippen LogP contribution in [0.5, 0.6) is 0 Å². The van der Waals surface area contributed by atoms with Gasteiger partial charge in [-0.25, -0.2) is 0 Å². The Kier molecular flexibility index (Phi) is 8.22. The molecule has 2 aromatic carbocycles. The van der Waals surface area contributed by atoms with Crippen LogP contribution in [0.2, 0.25) is 0 Å². The summed E-state index contributed by atoms with van der Waals surface area (Å²) in [6, 6.07) is 15.0. The summed E-state index contributed by atoms with van der Waals surface area (Å²) in [5, 5.41) is 6.76. The predicted molar refractivity (Wildman–Crippen MR) is 82.7 cm³/mol. The standard InChI is InChI=1S/C16H12F3O.CHO2.Ca/c17-16(18,19)13-8-4-7-12(10-13)15-14(20-15)9-11-5-2-1-3-6-11;2-1-3;/h1-8,10,15H,9H2;(H,2,3);/q2*-1;+2. The maximum Gasteiger partial charge on any atom is 2.00 e. The van der Waals surface area contributed by atoms with Gasteiger partial charge in [0.2, 0.25) is 0 Å². The number of hydrogen-bond acceptors (Lipinski definition) is 2. The number of halogens is 3. The zero-order valence-electron chi connectivity index (χ0n) is 12.6. The molecule has 3 nitrogen and oxygen atoms in total. The van der Waals surface area contributed by atoms with Crippen LogP contribution < -0.4 is 0 Å². The van der Waals surface area contributed by atoms with Crippen molar-refractivity contribution in [1.29, 1.82) is 0 Å². The molecule has 1 fully saturated rings. The molecule has 1 unspecified atom stereocenters. The fourth-order valence-electron chi connectivity index (χ4n) is 2.18. The van der Waals surface area contributed by atoms with Crippen LogP contribution in [0.4, 0.5) is 13.2 Å². The zero-order valence-corrected chi connectivity index (χ0v) is 14.8. The summed E-state index contributed by atoms with van der Waals surface area (Å²) in [5.74, 6) is 0. The van der Waals surface area contributed by atoms with E-state index in [1.165, 1.54) is 6.07 Å². The number of alkyl halides is 3. The van der Waals surface area contributed by atoms with Crippen LogP contribution in [0.3, 0.4) is 0 Å². The first kappa shape index (κ1) is 21.0. The Morgan fingerprint density at radius 2 is 1.75 bits per heavy atom.